The molecule has 2 fully saturated rings. The molecule has 3 aromatic rings. The van der Waals surface area contributed by atoms with E-state index in [2.05, 4.69) is 10.3 Å². The molecule has 2 bridgehead atoms. The maximum atomic E-state index is 13.6. The van der Waals surface area contributed by atoms with Crippen LogP contribution in [0, 0.1) is 11.6 Å². The Balaban J connectivity index is 1.52. The van der Waals surface area contributed by atoms with Crippen molar-refractivity contribution < 1.29 is 28.2 Å². The number of carbonyl (C=O) groups is 1. The van der Waals surface area contributed by atoms with E-state index in [9.17, 15) is 18.7 Å². The summed E-state index contributed by atoms with van der Waals surface area (Å²) in [5.74, 6) is -0.587. The van der Waals surface area contributed by atoms with Gasteiger partial charge in [0.2, 0.25) is 0 Å². The van der Waals surface area contributed by atoms with Crippen LogP contribution in [0.5, 0.6) is 0 Å². The van der Waals surface area contributed by atoms with Crippen molar-refractivity contribution in [2.45, 2.75) is 31.1 Å². The van der Waals surface area contributed by atoms with Crippen LogP contribution in [-0.2, 0) is 9.47 Å². The van der Waals surface area contributed by atoms with Crippen LogP contribution in [0.3, 0.4) is 0 Å². The molecular weight excluding hydrogens is 434 g/mol. The number of urea groups is 1. The number of halogens is 2. The smallest absolute Gasteiger partial charge is 0.327 e. The lowest BCUT2D eigenvalue weighted by molar-refractivity contribution is -0.0703. The van der Waals surface area contributed by atoms with Crippen LogP contribution in [0.1, 0.15) is 18.3 Å². The minimum atomic E-state index is -0.870. The minimum Gasteiger partial charge on any atom is -0.390 e. The third-order valence-corrected chi connectivity index (χ3v) is 6.04. The molecule has 2 aromatic carbocycles. The number of rotatable bonds is 2. The van der Waals surface area contributed by atoms with Crippen LogP contribution in [0.4, 0.5) is 19.4 Å². The lowest BCUT2D eigenvalue weighted by Crippen LogP contribution is -2.49. The number of amides is 2. The molecule has 0 unspecified atom stereocenters. The second-order valence-electron chi connectivity index (χ2n) is 8.12. The van der Waals surface area contributed by atoms with Crippen LogP contribution in [0.15, 0.2) is 48.5 Å². The number of aromatic nitrogens is 2. The molecule has 4 atom stereocenters. The summed E-state index contributed by atoms with van der Waals surface area (Å²) >= 11 is 0. The number of nitrogens with zero attached hydrogens (tertiary/aromatic N) is 3. The van der Waals surface area contributed by atoms with Crippen LogP contribution in [0.25, 0.3) is 22.5 Å². The molecule has 4 heterocycles. The van der Waals surface area contributed by atoms with Gasteiger partial charge >= 0.3 is 6.03 Å². The van der Waals surface area contributed by atoms with Crippen molar-refractivity contribution in [3.05, 3.63) is 65.9 Å². The van der Waals surface area contributed by atoms with Crippen molar-refractivity contribution in [3.8, 4) is 22.5 Å². The van der Waals surface area contributed by atoms with E-state index >= 15 is 0 Å². The van der Waals surface area contributed by atoms with E-state index in [-0.39, 0.29) is 18.8 Å². The van der Waals surface area contributed by atoms with Gasteiger partial charge in [0.1, 0.15) is 29.7 Å². The van der Waals surface area contributed by atoms with Gasteiger partial charge < -0.3 is 14.6 Å². The molecule has 10 heteroatoms. The summed E-state index contributed by atoms with van der Waals surface area (Å²) < 4.78 is 38.9. The van der Waals surface area contributed by atoms with Crippen LogP contribution < -0.4 is 5.32 Å². The number of fused-ring (bicyclic) bond motifs is 6. The summed E-state index contributed by atoms with van der Waals surface area (Å²) in [6.07, 6.45) is -2.55. The normalized spacial score (nSPS) is 25.8. The molecule has 3 aliphatic heterocycles. The van der Waals surface area contributed by atoms with E-state index in [1.807, 2.05) is 0 Å². The number of ether oxygens (including phenoxy) is 2. The fourth-order valence-electron chi connectivity index (χ4n) is 4.40. The van der Waals surface area contributed by atoms with Crippen molar-refractivity contribution in [2.24, 2.45) is 0 Å². The SMILES string of the molecule is O=C1Nc2nc(-c3ccc(F)cc3)c(-c3ccc(F)cc3)nc2[C@@H]2OC[C@H]3O[C@H](C[C@@H]3O)N12. The van der Waals surface area contributed by atoms with E-state index in [4.69, 9.17) is 14.5 Å². The number of hydrogen-bond acceptors (Lipinski definition) is 6. The topological polar surface area (TPSA) is 96.8 Å². The van der Waals surface area contributed by atoms with Gasteiger partial charge in [0.25, 0.3) is 0 Å². The lowest BCUT2D eigenvalue weighted by atomic mass is 10.0. The van der Waals surface area contributed by atoms with Crippen LogP contribution >= 0.6 is 0 Å². The van der Waals surface area contributed by atoms with Crippen molar-refractivity contribution in [1.29, 1.82) is 0 Å². The Kier molecular flexibility index (Phi) is 4.61. The summed E-state index contributed by atoms with van der Waals surface area (Å²) in [6.45, 7) is 0.0822. The predicted octanol–water partition coefficient (Wildman–Crippen LogP) is 3.44. The lowest BCUT2D eigenvalue weighted by Gasteiger charge is -2.37. The Hall–Kier alpha value is -3.47. The summed E-state index contributed by atoms with van der Waals surface area (Å²) in [4.78, 5) is 23.8. The van der Waals surface area contributed by atoms with Gasteiger partial charge in [0.15, 0.2) is 12.0 Å². The molecule has 0 aliphatic carbocycles. The second kappa shape index (κ2) is 7.55. The highest BCUT2D eigenvalue weighted by molar-refractivity contribution is 5.93. The largest absolute Gasteiger partial charge is 0.390 e. The number of carbonyl (C=O) groups excluding carboxylic acids is 1. The fourth-order valence-corrected chi connectivity index (χ4v) is 4.40. The Morgan fingerprint density at radius 1 is 0.970 bits per heavy atom. The van der Waals surface area contributed by atoms with Crippen LogP contribution in [-0.4, -0.2) is 51.0 Å². The highest BCUT2D eigenvalue weighted by atomic mass is 19.1. The number of benzene rings is 2. The highest BCUT2D eigenvalue weighted by Gasteiger charge is 2.49. The van der Waals surface area contributed by atoms with E-state index in [1.54, 1.807) is 24.3 Å². The van der Waals surface area contributed by atoms with E-state index in [1.165, 1.54) is 29.2 Å². The van der Waals surface area contributed by atoms with Crippen LogP contribution in [0.2, 0.25) is 0 Å². The molecule has 3 aliphatic rings. The minimum absolute atomic E-state index is 0.0822. The number of anilines is 1. The van der Waals surface area contributed by atoms with Gasteiger partial charge in [-0.15, -0.1) is 0 Å². The first kappa shape index (κ1) is 20.2. The molecule has 0 radical (unpaired) electrons. The summed E-state index contributed by atoms with van der Waals surface area (Å²) in [5.41, 5.74) is 2.36. The third kappa shape index (κ3) is 3.34. The van der Waals surface area contributed by atoms with E-state index < -0.39 is 42.3 Å². The number of hydrogen-bond donors (Lipinski definition) is 2. The Bertz CT molecular complexity index is 1240. The molecule has 1 aromatic heterocycles. The van der Waals surface area contributed by atoms with E-state index in [0.717, 1.165) is 0 Å². The zero-order valence-corrected chi connectivity index (χ0v) is 17.1. The predicted molar refractivity (Wildman–Crippen MR) is 112 cm³/mol. The fraction of sp³-hybridized carbons (Fsp3) is 0.261. The molecule has 8 nitrogen and oxygen atoms in total. The first-order valence-corrected chi connectivity index (χ1v) is 10.5. The van der Waals surface area contributed by atoms with Gasteiger partial charge in [0.05, 0.1) is 24.1 Å². The molecule has 2 saturated heterocycles. The average Bonchev–Trinajstić information content (AvgIpc) is 3.05. The summed E-state index contributed by atoms with van der Waals surface area (Å²) in [6, 6.07) is 11.0. The van der Waals surface area contributed by atoms with Gasteiger partial charge in [-0.25, -0.2) is 23.5 Å². The monoisotopic (exact) mass is 452 g/mol. The first-order valence-electron chi connectivity index (χ1n) is 10.5. The number of aliphatic hydroxyl groups excluding tert-OH is 1. The molecule has 2 N–H and O–H groups in total. The van der Waals surface area contributed by atoms with Gasteiger partial charge in [-0.3, -0.25) is 10.2 Å². The number of aliphatic hydroxyl groups is 1. The quantitative estimate of drug-likeness (QED) is 0.619. The molecule has 0 spiro atoms. The summed E-state index contributed by atoms with van der Waals surface area (Å²) in [7, 11) is 0. The van der Waals surface area contributed by atoms with Crippen molar-refractivity contribution in [2.75, 3.05) is 11.9 Å². The van der Waals surface area contributed by atoms with Gasteiger partial charge in [0, 0.05) is 17.5 Å². The molecule has 0 saturated carbocycles. The van der Waals surface area contributed by atoms with Crippen molar-refractivity contribution >= 4 is 11.8 Å². The molecule has 2 amide bonds. The number of nitrogens with one attached hydrogen (secondary N) is 1. The zero-order valence-electron chi connectivity index (χ0n) is 17.1. The van der Waals surface area contributed by atoms with Gasteiger partial charge in [-0.2, -0.15) is 0 Å². The maximum absolute atomic E-state index is 13.6. The average molecular weight is 452 g/mol. The van der Waals surface area contributed by atoms with Crippen molar-refractivity contribution in [1.82, 2.24) is 14.9 Å². The van der Waals surface area contributed by atoms with Gasteiger partial charge in [-0.05, 0) is 48.5 Å². The Labute approximate surface area is 186 Å². The van der Waals surface area contributed by atoms with Crippen molar-refractivity contribution in [3.63, 3.8) is 0 Å². The zero-order chi connectivity index (χ0) is 22.7. The summed E-state index contributed by atoms with van der Waals surface area (Å²) in [5, 5.41) is 12.9. The molecule has 33 heavy (non-hydrogen) atoms. The maximum Gasteiger partial charge on any atom is 0.327 e. The Morgan fingerprint density at radius 3 is 2.21 bits per heavy atom. The third-order valence-electron chi connectivity index (χ3n) is 6.04. The first-order chi connectivity index (χ1) is 16.0. The standard InChI is InChI=1S/C23H18F2N4O4/c24-13-5-1-11(2-6-13)18-19(12-3-7-14(25)8-4-12)27-21-20(26-18)22-29(23(31)28-21)17-9-15(30)16(33-17)10-32-22/h1-8,15-17,22,30H,9-10H2,(H,27,28,31)/t15-,16+,17+,22-/m0/s1. The highest BCUT2D eigenvalue weighted by Crippen LogP contribution is 2.42. The van der Waals surface area contributed by atoms with Gasteiger partial charge in [-0.1, -0.05) is 0 Å². The second-order valence-corrected chi connectivity index (χ2v) is 8.12. The van der Waals surface area contributed by atoms with E-state index in [0.29, 0.717) is 28.2 Å². The molecule has 168 valence electrons. The molecule has 6 rings (SSSR count). The Morgan fingerprint density at radius 2 is 1.58 bits per heavy atom. The molecular formula is C23H18F2N4O4.